The van der Waals surface area contributed by atoms with E-state index in [-0.39, 0.29) is 23.2 Å². The van der Waals surface area contributed by atoms with E-state index in [1.54, 1.807) is 23.5 Å². The highest BCUT2D eigenvalue weighted by molar-refractivity contribution is 8.00. The fraction of sp³-hybridized carbons (Fsp3) is 0.600. The first-order valence-electron chi connectivity index (χ1n) is 11.7. The van der Waals surface area contributed by atoms with Crippen LogP contribution < -0.4 is 11.1 Å². The number of carbonyl (C=O) groups is 2. The molecule has 1 amide bonds. The summed E-state index contributed by atoms with van der Waals surface area (Å²) in [6.07, 6.45) is 7.18. The van der Waals surface area contributed by atoms with Crippen molar-refractivity contribution < 1.29 is 14.3 Å². The first-order valence-corrected chi connectivity index (χ1v) is 14.6. The fourth-order valence-electron chi connectivity index (χ4n) is 3.87. The van der Waals surface area contributed by atoms with Crippen LogP contribution in [0.15, 0.2) is 41.3 Å². The number of ether oxygens (including phenoxy) is 1. The van der Waals surface area contributed by atoms with Gasteiger partial charge in [0.05, 0.1) is 13.2 Å². The predicted octanol–water partition coefficient (Wildman–Crippen LogP) is 3.57. The quantitative estimate of drug-likeness (QED) is 0.206. The lowest BCUT2D eigenvalue weighted by atomic mass is 10.0. The molecular weight excluding hydrogens is 486 g/mol. The maximum atomic E-state index is 13.3. The molecule has 0 spiro atoms. The molecular formula is C25H39N3O3S3. The fourth-order valence-corrected chi connectivity index (χ4v) is 5.69. The summed E-state index contributed by atoms with van der Waals surface area (Å²) in [5.74, 6) is 1.31. The van der Waals surface area contributed by atoms with Gasteiger partial charge in [0.15, 0.2) is 0 Å². The summed E-state index contributed by atoms with van der Waals surface area (Å²) in [5, 5.41) is 3.22. The van der Waals surface area contributed by atoms with Crippen LogP contribution in [-0.4, -0.2) is 78.1 Å². The molecule has 0 aromatic heterocycles. The maximum absolute atomic E-state index is 13.3. The standard InChI is InChI=1S/C25H39N3O3S3/c1-17(2)18-7-9-20(10-8-18)34-21-14-23(28(15-21)12-5-6-19(26)16-32)24(29)27-22(11-13-33-4)25(30)31-3/h5-10,17,19,21-23,32H,11-16,26H2,1-4H3,(H,27,29)/b6-5+/t19-,21+,22+,23+/m1/s1. The minimum Gasteiger partial charge on any atom is -0.467 e. The van der Waals surface area contributed by atoms with E-state index in [1.807, 2.05) is 18.4 Å². The molecule has 4 atom stereocenters. The Morgan fingerprint density at radius 2 is 2.03 bits per heavy atom. The lowest BCUT2D eigenvalue weighted by molar-refractivity contribution is -0.145. The van der Waals surface area contributed by atoms with Crippen molar-refractivity contribution in [3.8, 4) is 0 Å². The number of nitrogens with one attached hydrogen (secondary N) is 1. The summed E-state index contributed by atoms with van der Waals surface area (Å²) in [6, 6.07) is 7.63. The van der Waals surface area contributed by atoms with Gasteiger partial charge < -0.3 is 15.8 Å². The third kappa shape index (κ3) is 9.15. The molecule has 0 radical (unpaired) electrons. The number of rotatable bonds is 13. The van der Waals surface area contributed by atoms with Gasteiger partial charge in [-0.1, -0.05) is 38.1 Å². The Morgan fingerprint density at radius 1 is 1.32 bits per heavy atom. The Labute approximate surface area is 218 Å². The normalized spacial score (nSPS) is 20.6. The molecule has 0 unspecified atom stereocenters. The molecule has 2 rings (SSSR count). The third-order valence-corrected chi connectivity index (χ3v) is 8.15. The van der Waals surface area contributed by atoms with Gasteiger partial charge in [-0.05, 0) is 48.5 Å². The van der Waals surface area contributed by atoms with Crippen LogP contribution in [0.5, 0.6) is 0 Å². The molecule has 34 heavy (non-hydrogen) atoms. The van der Waals surface area contributed by atoms with Crippen LogP contribution in [0.1, 0.15) is 38.2 Å². The number of carbonyl (C=O) groups excluding carboxylic acids is 2. The molecule has 0 aliphatic carbocycles. The van der Waals surface area contributed by atoms with Crippen LogP contribution in [-0.2, 0) is 14.3 Å². The zero-order valence-corrected chi connectivity index (χ0v) is 23.1. The van der Waals surface area contributed by atoms with E-state index >= 15 is 0 Å². The zero-order chi connectivity index (χ0) is 25.1. The predicted molar refractivity (Wildman–Crippen MR) is 148 cm³/mol. The zero-order valence-electron chi connectivity index (χ0n) is 20.6. The number of methoxy groups -OCH3 is 1. The highest BCUT2D eigenvalue weighted by atomic mass is 32.2. The molecule has 1 aliphatic rings. The van der Waals surface area contributed by atoms with Crippen molar-refractivity contribution in [2.45, 2.75) is 60.9 Å². The van der Waals surface area contributed by atoms with Gasteiger partial charge in [0.1, 0.15) is 6.04 Å². The van der Waals surface area contributed by atoms with Crippen molar-refractivity contribution in [3.63, 3.8) is 0 Å². The van der Waals surface area contributed by atoms with E-state index in [9.17, 15) is 9.59 Å². The smallest absolute Gasteiger partial charge is 0.328 e. The van der Waals surface area contributed by atoms with Crippen molar-refractivity contribution in [3.05, 3.63) is 42.0 Å². The summed E-state index contributed by atoms with van der Waals surface area (Å²) in [7, 11) is 1.36. The Hall–Kier alpha value is -1.13. The minimum atomic E-state index is -0.629. The summed E-state index contributed by atoms with van der Waals surface area (Å²) in [4.78, 5) is 28.9. The summed E-state index contributed by atoms with van der Waals surface area (Å²) >= 11 is 7.67. The van der Waals surface area contributed by atoms with Crippen LogP contribution in [0.4, 0.5) is 0 Å². The van der Waals surface area contributed by atoms with Crippen molar-refractivity contribution in [2.24, 2.45) is 5.73 Å². The van der Waals surface area contributed by atoms with E-state index in [0.29, 0.717) is 31.1 Å². The van der Waals surface area contributed by atoms with Gasteiger partial charge in [-0.15, -0.1) is 11.8 Å². The molecule has 6 nitrogen and oxygen atoms in total. The van der Waals surface area contributed by atoms with Crippen LogP contribution in [0.25, 0.3) is 0 Å². The molecule has 9 heteroatoms. The first kappa shape index (κ1) is 29.1. The van der Waals surface area contributed by atoms with Crippen LogP contribution in [0.2, 0.25) is 0 Å². The lowest BCUT2D eigenvalue weighted by Crippen LogP contribution is -2.50. The highest BCUT2D eigenvalue weighted by Gasteiger charge is 2.38. The molecule has 0 bridgehead atoms. The van der Waals surface area contributed by atoms with Crippen molar-refractivity contribution in [2.75, 3.05) is 38.0 Å². The van der Waals surface area contributed by atoms with Crippen LogP contribution >= 0.6 is 36.2 Å². The lowest BCUT2D eigenvalue weighted by Gasteiger charge is -2.24. The van der Waals surface area contributed by atoms with Crippen LogP contribution in [0.3, 0.4) is 0 Å². The maximum Gasteiger partial charge on any atom is 0.328 e. The second-order valence-electron chi connectivity index (χ2n) is 8.81. The molecule has 1 aromatic rings. The number of amides is 1. The summed E-state index contributed by atoms with van der Waals surface area (Å²) < 4.78 is 4.92. The summed E-state index contributed by atoms with van der Waals surface area (Å²) in [5.41, 5.74) is 7.28. The number of hydrogen-bond donors (Lipinski definition) is 3. The average molecular weight is 526 g/mol. The molecule has 3 N–H and O–H groups in total. The number of likely N-dealkylation sites (tertiary alicyclic amines) is 1. The van der Waals surface area contributed by atoms with E-state index in [1.165, 1.54) is 17.6 Å². The van der Waals surface area contributed by atoms with E-state index in [0.717, 1.165) is 12.3 Å². The number of benzene rings is 1. The van der Waals surface area contributed by atoms with Gasteiger partial charge in [-0.25, -0.2) is 4.79 Å². The van der Waals surface area contributed by atoms with Gasteiger partial charge in [0, 0.05) is 35.0 Å². The SMILES string of the molecule is COC(=O)[C@H](CCSC)NC(=O)[C@@H]1C[C@H](Sc2ccc(C(C)C)cc2)CN1C/C=C/[C@@H](N)CS. The molecule has 190 valence electrons. The van der Waals surface area contributed by atoms with Gasteiger partial charge in [-0.3, -0.25) is 9.69 Å². The first-order chi connectivity index (χ1) is 16.3. The largest absolute Gasteiger partial charge is 0.467 e. The van der Waals surface area contributed by atoms with E-state index in [4.69, 9.17) is 10.5 Å². The molecule has 1 fully saturated rings. The number of nitrogens with zero attached hydrogens (tertiary/aromatic N) is 1. The van der Waals surface area contributed by atoms with Crippen molar-refractivity contribution in [1.29, 1.82) is 0 Å². The molecule has 1 aromatic carbocycles. The average Bonchev–Trinajstić information content (AvgIpc) is 3.23. The second kappa shape index (κ2) is 15.1. The van der Waals surface area contributed by atoms with Gasteiger partial charge in [0.2, 0.25) is 5.91 Å². The Morgan fingerprint density at radius 3 is 2.62 bits per heavy atom. The second-order valence-corrected chi connectivity index (χ2v) is 11.5. The number of nitrogens with two attached hydrogens (primary N) is 1. The third-order valence-electron chi connectivity index (χ3n) is 5.86. The molecule has 0 saturated carbocycles. The molecule has 1 aliphatic heterocycles. The number of thiol groups is 1. The van der Waals surface area contributed by atoms with Crippen molar-refractivity contribution >= 4 is 48.0 Å². The Kier molecular flexibility index (Phi) is 12.9. The van der Waals surface area contributed by atoms with Gasteiger partial charge in [-0.2, -0.15) is 24.4 Å². The Bertz CT molecular complexity index is 804. The van der Waals surface area contributed by atoms with Crippen molar-refractivity contribution in [1.82, 2.24) is 10.2 Å². The Balaban J connectivity index is 2.11. The van der Waals surface area contributed by atoms with Crippen LogP contribution in [0, 0.1) is 0 Å². The highest BCUT2D eigenvalue weighted by Crippen LogP contribution is 2.33. The number of hydrogen-bond acceptors (Lipinski definition) is 8. The number of esters is 1. The van der Waals surface area contributed by atoms with E-state index < -0.39 is 12.0 Å². The van der Waals surface area contributed by atoms with Gasteiger partial charge >= 0.3 is 5.97 Å². The monoisotopic (exact) mass is 525 g/mol. The number of thioether (sulfide) groups is 2. The van der Waals surface area contributed by atoms with E-state index in [2.05, 4.69) is 61.0 Å². The topological polar surface area (TPSA) is 84.7 Å². The molecule has 1 heterocycles. The molecule has 1 saturated heterocycles. The summed E-state index contributed by atoms with van der Waals surface area (Å²) in [6.45, 7) is 5.78. The van der Waals surface area contributed by atoms with Gasteiger partial charge in [0.25, 0.3) is 0 Å². The minimum absolute atomic E-state index is 0.113.